The number of benzene rings is 6. The van der Waals surface area contributed by atoms with Gasteiger partial charge in [-0.05, 0) is 68.4 Å². The maximum absolute atomic E-state index is 6.30. The molecule has 38 heavy (non-hydrogen) atoms. The minimum atomic E-state index is -0.141. The van der Waals surface area contributed by atoms with Crippen molar-refractivity contribution in [3.8, 4) is 44.9 Å². The zero-order chi connectivity index (χ0) is 25.7. The van der Waals surface area contributed by atoms with Gasteiger partial charge in [-0.3, -0.25) is 0 Å². The van der Waals surface area contributed by atoms with Gasteiger partial charge in [-0.15, -0.1) is 0 Å². The minimum Gasteiger partial charge on any atom is -0.457 e. The van der Waals surface area contributed by atoms with E-state index in [1.807, 2.05) is 6.07 Å². The first-order valence-electron chi connectivity index (χ1n) is 13.2. The Labute approximate surface area is 224 Å². The van der Waals surface area contributed by atoms with Crippen molar-refractivity contribution in [3.05, 3.63) is 145 Å². The number of fused-ring (bicyclic) bond motifs is 3. The Morgan fingerprint density at radius 2 is 1.05 bits per heavy atom. The van der Waals surface area contributed by atoms with Crippen molar-refractivity contribution in [2.75, 3.05) is 0 Å². The van der Waals surface area contributed by atoms with Gasteiger partial charge in [0.2, 0.25) is 0 Å². The molecule has 1 nitrogen and oxygen atoms in total. The maximum atomic E-state index is 6.30. The average Bonchev–Trinajstić information content (AvgIpc) is 2.97. The molecule has 0 bridgehead atoms. The van der Waals surface area contributed by atoms with Gasteiger partial charge >= 0.3 is 0 Å². The summed E-state index contributed by atoms with van der Waals surface area (Å²) in [6, 6.07) is 47.8. The Bertz CT molecular complexity index is 1810. The Morgan fingerprint density at radius 1 is 0.447 bits per heavy atom. The van der Waals surface area contributed by atoms with E-state index in [1.165, 1.54) is 55.3 Å². The summed E-state index contributed by atoms with van der Waals surface area (Å²) in [6.07, 6.45) is 0. The zero-order valence-corrected chi connectivity index (χ0v) is 21.6. The van der Waals surface area contributed by atoms with Crippen LogP contribution in [0.3, 0.4) is 0 Å². The van der Waals surface area contributed by atoms with Crippen LogP contribution in [0.25, 0.3) is 44.2 Å². The van der Waals surface area contributed by atoms with Crippen molar-refractivity contribution in [2.45, 2.75) is 19.3 Å². The molecular formula is C37H28O. The first kappa shape index (κ1) is 22.6. The number of hydrogen-bond donors (Lipinski definition) is 0. The second kappa shape index (κ2) is 8.75. The maximum Gasteiger partial charge on any atom is 0.131 e. The lowest BCUT2D eigenvalue weighted by atomic mass is 9.75. The summed E-state index contributed by atoms with van der Waals surface area (Å²) < 4.78 is 6.30. The smallest absolute Gasteiger partial charge is 0.131 e. The van der Waals surface area contributed by atoms with E-state index in [9.17, 15) is 0 Å². The summed E-state index contributed by atoms with van der Waals surface area (Å²) in [5, 5.41) is 2.54. The van der Waals surface area contributed by atoms with E-state index < -0.39 is 0 Å². The Kier molecular flexibility index (Phi) is 5.19. The molecule has 0 saturated heterocycles. The van der Waals surface area contributed by atoms with Crippen LogP contribution in [0.15, 0.2) is 133 Å². The fraction of sp³-hybridized carbons (Fsp3) is 0.0811. The highest BCUT2D eigenvalue weighted by atomic mass is 16.5. The lowest BCUT2D eigenvalue weighted by Gasteiger charge is -2.34. The predicted molar refractivity (Wildman–Crippen MR) is 159 cm³/mol. The normalized spacial score (nSPS) is 13.4. The fourth-order valence-electron chi connectivity index (χ4n) is 5.93. The summed E-state index contributed by atoms with van der Waals surface area (Å²) in [4.78, 5) is 0. The van der Waals surface area contributed by atoms with Crippen LogP contribution in [0.2, 0.25) is 0 Å². The van der Waals surface area contributed by atoms with E-state index in [0.717, 1.165) is 11.5 Å². The molecule has 182 valence electrons. The molecule has 6 aromatic rings. The largest absolute Gasteiger partial charge is 0.457 e. The van der Waals surface area contributed by atoms with Crippen LogP contribution in [0.1, 0.15) is 25.0 Å². The molecule has 0 saturated carbocycles. The summed E-state index contributed by atoms with van der Waals surface area (Å²) in [5.74, 6) is 1.89. The molecule has 0 amide bonds. The van der Waals surface area contributed by atoms with Gasteiger partial charge < -0.3 is 4.74 Å². The van der Waals surface area contributed by atoms with E-state index in [4.69, 9.17) is 4.74 Å². The standard InChI is InChI=1S/C37H28O/c1-37(2)32-19-6-7-20-34(32)38-35-22-21-28(24-33(35)37)27-15-8-16-29(23-27)31-18-10-14-26-13-9-17-30(36(26)31)25-11-4-3-5-12-25/h3-24H,1-2H3. The Hall–Kier alpha value is -4.62. The van der Waals surface area contributed by atoms with E-state index in [0.29, 0.717) is 0 Å². The van der Waals surface area contributed by atoms with Crippen molar-refractivity contribution in [1.82, 2.24) is 0 Å². The van der Waals surface area contributed by atoms with Gasteiger partial charge in [0.25, 0.3) is 0 Å². The fourth-order valence-corrected chi connectivity index (χ4v) is 5.93. The van der Waals surface area contributed by atoms with E-state index in [-0.39, 0.29) is 5.41 Å². The number of rotatable bonds is 3. The molecular weight excluding hydrogens is 460 g/mol. The zero-order valence-electron chi connectivity index (χ0n) is 21.6. The molecule has 1 aliphatic heterocycles. The third-order valence-corrected chi connectivity index (χ3v) is 7.93. The third-order valence-electron chi connectivity index (χ3n) is 7.93. The van der Waals surface area contributed by atoms with Gasteiger partial charge in [-0.1, -0.05) is 123 Å². The van der Waals surface area contributed by atoms with E-state index >= 15 is 0 Å². The molecule has 0 fully saturated rings. The molecule has 0 unspecified atom stereocenters. The van der Waals surface area contributed by atoms with Crippen molar-refractivity contribution in [3.63, 3.8) is 0 Å². The molecule has 1 heterocycles. The summed E-state index contributed by atoms with van der Waals surface area (Å²) in [7, 11) is 0. The molecule has 1 heteroatoms. The van der Waals surface area contributed by atoms with Gasteiger partial charge in [0.1, 0.15) is 11.5 Å². The Morgan fingerprint density at radius 3 is 1.87 bits per heavy atom. The van der Waals surface area contributed by atoms with Crippen molar-refractivity contribution >= 4 is 10.8 Å². The first-order valence-corrected chi connectivity index (χ1v) is 13.2. The summed E-state index contributed by atoms with van der Waals surface area (Å²) in [5.41, 5.74) is 9.67. The summed E-state index contributed by atoms with van der Waals surface area (Å²) in [6.45, 7) is 4.57. The van der Waals surface area contributed by atoms with Gasteiger partial charge in [0.15, 0.2) is 0 Å². The van der Waals surface area contributed by atoms with Gasteiger partial charge in [0.05, 0.1) is 0 Å². The van der Waals surface area contributed by atoms with Crippen molar-refractivity contribution in [2.24, 2.45) is 0 Å². The van der Waals surface area contributed by atoms with Crippen LogP contribution in [-0.4, -0.2) is 0 Å². The monoisotopic (exact) mass is 488 g/mol. The highest BCUT2D eigenvalue weighted by molar-refractivity contribution is 6.06. The third kappa shape index (κ3) is 3.63. The van der Waals surface area contributed by atoms with Gasteiger partial charge in [0, 0.05) is 16.5 Å². The van der Waals surface area contributed by atoms with Gasteiger partial charge in [-0.25, -0.2) is 0 Å². The van der Waals surface area contributed by atoms with Crippen molar-refractivity contribution in [1.29, 1.82) is 0 Å². The number of para-hydroxylation sites is 1. The van der Waals surface area contributed by atoms with E-state index in [2.05, 4.69) is 141 Å². The molecule has 1 aliphatic rings. The number of hydrogen-bond acceptors (Lipinski definition) is 1. The quantitative estimate of drug-likeness (QED) is 0.241. The second-order valence-electron chi connectivity index (χ2n) is 10.6. The van der Waals surface area contributed by atoms with Crippen LogP contribution in [-0.2, 0) is 5.41 Å². The van der Waals surface area contributed by atoms with Crippen LogP contribution in [0.5, 0.6) is 11.5 Å². The SMILES string of the molecule is CC1(C)c2ccccc2Oc2ccc(-c3cccc(-c4cccc5cccc(-c6ccccc6)c45)c3)cc21. The molecule has 0 N–H and O–H groups in total. The molecule has 7 rings (SSSR count). The van der Waals surface area contributed by atoms with Crippen molar-refractivity contribution < 1.29 is 4.74 Å². The predicted octanol–water partition coefficient (Wildman–Crippen LogP) is 10.3. The molecule has 0 aromatic heterocycles. The lowest BCUT2D eigenvalue weighted by Crippen LogP contribution is -2.24. The van der Waals surface area contributed by atoms with Crippen LogP contribution >= 0.6 is 0 Å². The molecule has 0 aliphatic carbocycles. The molecule has 0 spiro atoms. The van der Waals surface area contributed by atoms with Gasteiger partial charge in [-0.2, -0.15) is 0 Å². The van der Waals surface area contributed by atoms with Crippen LogP contribution < -0.4 is 4.74 Å². The summed E-state index contributed by atoms with van der Waals surface area (Å²) >= 11 is 0. The average molecular weight is 489 g/mol. The minimum absolute atomic E-state index is 0.141. The lowest BCUT2D eigenvalue weighted by molar-refractivity contribution is 0.418. The highest BCUT2D eigenvalue weighted by Crippen LogP contribution is 2.49. The first-order chi connectivity index (χ1) is 18.6. The second-order valence-corrected chi connectivity index (χ2v) is 10.6. The highest BCUT2D eigenvalue weighted by Gasteiger charge is 2.34. The Balaban J connectivity index is 1.36. The molecule has 0 atom stereocenters. The topological polar surface area (TPSA) is 9.23 Å². The molecule has 6 aromatic carbocycles. The van der Waals surface area contributed by atoms with Crippen LogP contribution in [0, 0.1) is 0 Å². The van der Waals surface area contributed by atoms with Crippen LogP contribution in [0.4, 0.5) is 0 Å². The number of ether oxygens (including phenoxy) is 1. The molecule has 0 radical (unpaired) electrons. The van der Waals surface area contributed by atoms with E-state index in [1.54, 1.807) is 0 Å².